The van der Waals surface area contributed by atoms with Gasteiger partial charge >= 0.3 is 0 Å². The number of piperidine rings is 1. The first-order valence-corrected chi connectivity index (χ1v) is 6.15. The van der Waals surface area contributed by atoms with Crippen LogP contribution in [0, 0.1) is 5.92 Å². The van der Waals surface area contributed by atoms with Crippen molar-refractivity contribution in [2.45, 2.75) is 51.7 Å². The lowest BCUT2D eigenvalue weighted by atomic mass is 9.89. The highest BCUT2D eigenvalue weighted by molar-refractivity contribution is 4.87. The fourth-order valence-electron chi connectivity index (χ4n) is 2.38. The van der Waals surface area contributed by atoms with Crippen LogP contribution in [0.25, 0.3) is 0 Å². The molecule has 0 radical (unpaired) electrons. The van der Waals surface area contributed by atoms with Crippen LogP contribution in [0.3, 0.4) is 0 Å². The van der Waals surface area contributed by atoms with Gasteiger partial charge in [-0.25, -0.2) is 0 Å². The highest BCUT2D eigenvalue weighted by Crippen LogP contribution is 2.21. The molecule has 4 atom stereocenters. The zero-order chi connectivity index (χ0) is 11.4. The fraction of sp³-hybridized carbons (Fsp3) is 1.00. The molecule has 0 saturated carbocycles. The number of likely N-dealkylation sites (tertiary alicyclic amines) is 1. The molecule has 0 aliphatic carbocycles. The SMILES string of the molecule is CC[C@H](CO)N[C@@H]1C[C@@H](C)N(C)C[C@H]1C. The first kappa shape index (κ1) is 12.9. The molecule has 0 aromatic heterocycles. The van der Waals surface area contributed by atoms with Gasteiger partial charge in [-0.1, -0.05) is 13.8 Å². The van der Waals surface area contributed by atoms with Crippen LogP contribution in [0.5, 0.6) is 0 Å². The van der Waals surface area contributed by atoms with E-state index in [2.05, 4.69) is 38.0 Å². The summed E-state index contributed by atoms with van der Waals surface area (Å²) in [6.07, 6.45) is 2.19. The Morgan fingerprint density at radius 2 is 2.13 bits per heavy atom. The Hall–Kier alpha value is -0.120. The maximum Gasteiger partial charge on any atom is 0.0584 e. The van der Waals surface area contributed by atoms with Crippen molar-refractivity contribution < 1.29 is 5.11 Å². The highest BCUT2D eigenvalue weighted by atomic mass is 16.3. The number of rotatable bonds is 4. The van der Waals surface area contributed by atoms with Gasteiger partial charge in [0.25, 0.3) is 0 Å². The summed E-state index contributed by atoms with van der Waals surface area (Å²) in [5.74, 6) is 0.673. The quantitative estimate of drug-likeness (QED) is 0.735. The van der Waals surface area contributed by atoms with Crippen molar-refractivity contribution in [2.24, 2.45) is 5.92 Å². The fourth-order valence-corrected chi connectivity index (χ4v) is 2.38. The van der Waals surface area contributed by atoms with Gasteiger partial charge in [0.15, 0.2) is 0 Å². The standard InChI is InChI=1S/C12H26N2O/c1-5-11(8-15)13-12-6-10(3)14(4)7-9(12)2/h9-13,15H,5-8H2,1-4H3/t9-,10-,11-,12-/m1/s1. The Morgan fingerprint density at radius 3 is 2.67 bits per heavy atom. The Bertz CT molecular complexity index is 182. The van der Waals surface area contributed by atoms with Gasteiger partial charge in [0, 0.05) is 24.7 Å². The van der Waals surface area contributed by atoms with E-state index in [1.165, 1.54) is 6.42 Å². The van der Waals surface area contributed by atoms with E-state index >= 15 is 0 Å². The molecule has 0 bridgehead atoms. The average molecular weight is 214 g/mol. The first-order chi connectivity index (χ1) is 7.08. The predicted octanol–water partition coefficient (Wildman–Crippen LogP) is 1.08. The molecule has 0 aromatic rings. The number of nitrogens with one attached hydrogen (secondary N) is 1. The highest BCUT2D eigenvalue weighted by Gasteiger charge is 2.29. The summed E-state index contributed by atoms with van der Waals surface area (Å²) in [5.41, 5.74) is 0. The molecule has 3 nitrogen and oxygen atoms in total. The second kappa shape index (κ2) is 5.83. The Morgan fingerprint density at radius 1 is 1.47 bits per heavy atom. The average Bonchev–Trinajstić information content (AvgIpc) is 2.21. The molecule has 0 unspecified atom stereocenters. The molecule has 90 valence electrons. The minimum absolute atomic E-state index is 0.254. The Labute approximate surface area is 93.9 Å². The van der Waals surface area contributed by atoms with Crippen molar-refractivity contribution in [3.05, 3.63) is 0 Å². The molecule has 2 N–H and O–H groups in total. The van der Waals surface area contributed by atoms with Gasteiger partial charge in [-0.15, -0.1) is 0 Å². The monoisotopic (exact) mass is 214 g/mol. The molecule has 1 heterocycles. The lowest BCUT2D eigenvalue weighted by Gasteiger charge is -2.41. The summed E-state index contributed by atoms with van der Waals surface area (Å²) in [6, 6.07) is 1.48. The molecule has 1 fully saturated rings. The van der Waals surface area contributed by atoms with Crippen molar-refractivity contribution in [3.8, 4) is 0 Å². The second-order valence-corrected chi connectivity index (χ2v) is 5.06. The van der Waals surface area contributed by atoms with Crippen LogP contribution >= 0.6 is 0 Å². The van der Waals surface area contributed by atoms with Crippen LogP contribution in [0.4, 0.5) is 0 Å². The number of aliphatic hydroxyl groups is 1. The molecule has 0 spiro atoms. The van der Waals surface area contributed by atoms with Gasteiger partial charge in [-0.3, -0.25) is 0 Å². The molecule has 1 aliphatic heterocycles. The van der Waals surface area contributed by atoms with Crippen molar-refractivity contribution >= 4 is 0 Å². The predicted molar refractivity (Wildman–Crippen MR) is 64.0 cm³/mol. The molecular formula is C12H26N2O. The minimum atomic E-state index is 0.254. The lowest BCUT2D eigenvalue weighted by molar-refractivity contribution is 0.106. The zero-order valence-electron chi connectivity index (χ0n) is 10.5. The van der Waals surface area contributed by atoms with E-state index in [0.717, 1.165) is 13.0 Å². The summed E-state index contributed by atoms with van der Waals surface area (Å²) in [6.45, 7) is 8.10. The van der Waals surface area contributed by atoms with Gasteiger partial charge < -0.3 is 15.3 Å². The van der Waals surface area contributed by atoms with Crippen molar-refractivity contribution in [3.63, 3.8) is 0 Å². The smallest absolute Gasteiger partial charge is 0.0584 e. The normalized spacial score (nSPS) is 35.4. The largest absolute Gasteiger partial charge is 0.395 e. The molecule has 1 rings (SSSR count). The van der Waals surface area contributed by atoms with Crippen molar-refractivity contribution in [2.75, 3.05) is 20.2 Å². The number of aliphatic hydroxyl groups excluding tert-OH is 1. The third-order valence-electron chi connectivity index (χ3n) is 3.77. The van der Waals surface area contributed by atoms with E-state index in [-0.39, 0.29) is 12.6 Å². The molecule has 1 aliphatic rings. The van der Waals surface area contributed by atoms with Gasteiger partial charge in [-0.05, 0) is 32.7 Å². The molecule has 3 heteroatoms. The van der Waals surface area contributed by atoms with Crippen LogP contribution in [-0.2, 0) is 0 Å². The van der Waals surface area contributed by atoms with E-state index in [9.17, 15) is 5.11 Å². The van der Waals surface area contributed by atoms with Crippen LogP contribution in [0.15, 0.2) is 0 Å². The maximum atomic E-state index is 9.19. The lowest BCUT2D eigenvalue weighted by Crippen LogP contribution is -2.53. The van der Waals surface area contributed by atoms with Crippen LogP contribution in [0.1, 0.15) is 33.6 Å². The summed E-state index contributed by atoms with van der Waals surface area (Å²) in [7, 11) is 2.20. The van der Waals surface area contributed by atoms with Crippen molar-refractivity contribution in [1.82, 2.24) is 10.2 Å². The van der Waals surface area contributed by atoms with Gasteiger partial charge in [0.1, 0.15) is 0 Å². The van der Waals surface area contributed by atoms with Crippen LogP contribution < -0.4 is 5.32 Å². The summed E-state index contributed by atoms with van der Waals surface area (Å²) >= 11 is 0. The summed E-state index contributed by atoms with van der Waals surface area (Å²) in [5, 5.41) is 12.8. The van der Waals surface area contributed by atoms with Gasteiger partial charge in [0.05, 0.1) is 6.61 Å². The third-order valence-corrected chi connectivity index (χ3v) is 3.77. The van der Waals surface area contributed by atoms with E-state index in [0.29, 0.717) is 18.0 Å². The number of hydrogen-bond donors (Lipinski definition) is 2. The van der Waals surface area contributed by atoms with E-state index in [1.807, 2.05) is 0 Å². The second-order valence-electron chi connectivity index (χ2n) is 5.06. The summed E-state index contributed by atoms with van der Waals surface area (Å²) in [4.78, 5) is 2.42. The van der Waals surface area contributed by atoms with Crippen LogP contribution in [-0.4, -0.2) is 48.3 Å². The molecule has 1 saturated heterocycles. The molecule has 15 heavy (non-hydrogen) atoms. The van der Waals surface area contributed by atoms with Crippen molar-refractivity contribution in [1.29, 1.82) is 0 Å². The van der Waals surface area contributed by atoms with Gasteiger partial charge in [0.2, 0.25) is 0 Å². The topological polar surface area (TPSA) is 35.5 Å². The number of nitrogens with zero attached hydrogens (tertiary/aromatic N) is 1. The Kier molecular flexibility index (Phi) is 5.03. The van der Waals surface area contributed by atoms with Gasteiger partial charge in [-0.2, -0.15) is 0 Å². The maximum absolute atomic E-state index is 9.19. The zero-order valence-corrected chi connectivity index (χ0v) is 10.5. The number of hydrogen-bond acceptors (Lipinski definition) is 3. The summed E-state index contributed by atoms with van der Waals surface area (Å²) < 4.78 is 0. The molecular weight excluding hydrogens is 188 g/mol. The first-order valence-electron chi connectivity index (χ1n) is 6.15. The van der Waals surface area contributed by atoms with Crippen LogP contribution in [0.2, 0.25) is 0 Å². The van der Waals surface area contributed by atoms with E-state index < -0.39 is 0 Å². The molecule has 0 aromatic carbocycles. The van der Waals surface area contributed by atoms with E-state index in [4.69, 9.17) is 0 Å². The third kappa shape index (κ3) is 3.44. The Balaban J connectivity index is 2.47. The minimum Gasteiger partial charge on any atom is -0.395 e. The molecule has 0 amide bonds. The van der Waals surface area contributed by atoms with E-state index in [1.54, 1.807) is 0 Å².